The first-order valence-electron chi connectivity index (χ1n) is 5.51. The van der Waals surface area contributed by atoms with Gasteiger partial charge in [-0.1, -0.05) is 18.2 Å². The van der Waals surface area contributed by atoms with E-state index in [1.807, 2.05) is 32.3 Å². The van der Waals surface area contributed by atoms with Crippen LogP contribution in [0.1, 0.15) is 5.56 Å². The summed E-state index contributed by atoms with van der Waals surface area (Å²) >= 11 is 0. The van der Waals surface area contributed by atoms with E-state index >= 15 is 0 Å². The number of anilines is 3. The number of benzene rings is 1. The van der Waals surface area contributed by atoms with Gasteiger partial charge in [0.25, 0.3) is 0 Å². The van der Waals surface area contributed by atoms with Crippen LogP contribution in [0.5, 0.6) is 0 Å². The number of rotatable bonds is 3. The van der Waals surface area contributed by atoms with Gasteiger partial charge in [0.05, 0.1) is 0 Å². The lowest BCUT2D eigenvalue weighted by Crippen LogP contribution is -2.13. The molecule has 4 heteroatoms. The normalized spacial score (nSPS) is 10.1. The highest BCUT2D eigenvalue weighted by Gasteiger charge is 2.08. The molecule has 0 bridgehead atoms. The van der Waals surface area contributed by atoms with Crippen molar-refractivity contribution in [3.63, 3.8) is 0 Å². The number of hydrogen-bond donors (Lipinski definition) is 1. The Kier molecular flexibility index (Phi) is 3.23. The van der Waals surface area contributed by atoms with Crippen molar-refractivity contribution in [2.24, 2.45) is 0 Å². The molecule has 4 nitrogen and oxygen atoms in total. The standard InChI is InChI=1S/C13H16N4/c1-10-6-4-5-7-11(10)17(3)13-8-12(14-2)15-9-16-13/h4-9H,1-3H3,(H,14,15,16). The van der Waals surface area contributed by atoms with Gasteiger partial charge in [-0.3, -0.25) is 0 Å². The smallest absolute Gasteiger partial charge is 0.138 e. The Morgan fingerprint density at radius 1 is 1.18 bits per heavy atom. The van der Waals surface area contributed by atoms with E-state index < -0.39 is 0 Å². The Balaban J connectivity index is 2.37. The van der Waals surface area contributed by atoms with Crippen molar-refractivity contribution in [3.8, 4) is 0 Å². The van der Waals surface area contributed by atoms with Gasteiger partial charge in [0, 0.05) is 25.8 Å². The maximum atomic E-state index is 4.28. The van der Waals surface area contributed by atoms with Gasteiger partial charge in [-0.2, -0.15) is 0 Å². The molecule has 1 aromatic carbocycles. The van der Waals surface area contributed by atoms with Crippen LogP contribution in [0, 0.1) is 6.92 Å². The van der Waals surface area contributed by atoms with Crippen LogP contribution in [0.2, 0.25) is 0 Å². The molecule has 1 heterocycles. The van der Waals surface area contributed by atoms with Gasteiger partial charge in [-0.05, 0) is 18.6 Å². The molecule has 88 valence electrons. The maximum absolute atomic E-state index is 4.28. The highest BCUT2D eigenvalue weighted by molar-refractivity contribution is 5.64. The number of nitrogens with one attached hydrogen (secondary N) is 1. The minimum absolute atomic E-state index is 0.815. The van der Waals surface area contributed by atoms with Gasteiger partial charge in [-0.15, -0.1) is 0 Å². The molecular formula is C13H16N4. The predicted octanol–water partition coefficient (Wildman–Crippen LogP) is 2.59. The molecule has 0 aliphatic heterocycles. The van der Waals surface area contributed by atoms with Crippen molar-refractivity contribution in [3.05, 3.63) is 42.2 Å². The van der Waals surface area contributed by atoms with Crippen LogP contribution >= 0.6 is 0 Å². The third-order valence-electron chi connectivity index (χ3n) is 2.73. The lowest BCUT2D eigenvalue weighted by molar-refractivity contribution is 1.07. The molecule has 2 aromatic rings. The molecule has 1 aromatic heterocycles. The molecule has 0 aliphatic rings. The Labute approximate surface area is 101 Å². The van der Waals surface area contributed by atoms with E-state index in [-0.39, 0.29) is 0 Å². The fraction of sp³-hybridized carbons (Fsp3) is 0.231. The molecule has 2 rings (SSSR count). The Bertz CT molecular complexity index is 510. The third-order valence-corrected chi connectivity index (χ3v) is 2.73. The topological polar surface area (TPSA) is 41.0 Å². The largest absolute Gasteiger partial charge is 0.373 e. The van der Waals surface area contributed by atoms with Crippen molar-refractivity contribution in [2.45, 2.75) is 6.92 Å². The Hall–Kier alpha value is -2.10. The summed E-state index contributed by atoms with van der Waals surface area (Å²) in [4.78, 5) is 10.4. The molecule has 0 aliphatic carbocycles. The molecular weight excluding hydrogens is 212 g/mol. The summed E-state index contributed by atoms with van der Waals surface area (Å²) < 4.78 is 0. The quantitative estimate of drug-likeness (QED) is 0.876. The molecule has 0 unspecified atom stereocenters. The SMILES string of the molecule is CNc1cc(N(C)c2ccccc2C)ncn1. The van der Waals surface area contributed by atoms with Gasteiger partial charge < -0.3 is 10.2 Å². The van der Waals surface area contributed by atoms with E-state index in [0.717, 1.165) is 17.3 Å². The fourth-order valence-electron chi connectivity index (χ4n) is 1.73. The molecule has 0 atom stereocenters. The van der Waals surface area contributed by atoms with E-state index in [4.69, 9.17) is 0 Å². The summed E-state index contributed by atoms with van der Waals surface area (Å²) in [6.45, 7) is 2.09. The first-order chi connectivity index (χ1) is 8.22. The third kappa shape index (κ3) is 2.36. The van der Waals surface area contributed by atoms with E-state index in [9.17, 15) is 0 Å². The monoisotopic (exact) mass is 228 g/mol. The number of aromatic nitrogens is 2. The van der Waals surface area contributed by atoms with Crippen molar-refractivity contribution in [2.75, 3.05) is 24.3 Å². The average Bonchev–Trinajstić information content (AvgIpc) is 2.38. The molecule has 0 spiro atoms. The van der Waals surface area contributed by atoms with E-state index in [2.05, 4.69) is 39.2 Å². The second-order valence-corrected chi connectivity index (χ2v) is 3.86. The predicted molar refractivity (Wildman–Crippen MR) is 70.8 cm³/mol. The Morgan fingerprint density at radius 2 is 1.94 bits per heavy atom. The highest BCUT2D eigenvalue weighted by atomic mass is 15.2. The number of nitrogens with zero attached hydrogens (tertiary/aromatic N) is 3. The van der Waals surface area contributed by atoms with Crippen molar-refractivity contribution >= 4 is 17.3 Å². The van der Waals surface area contributed by atoms with E-state index in [0.29, 0.717) is 0 Å². The molecule has 0 saturated carbocycles. The summed E-state index contributed by atoms with van der Waals surface area (Å²) in [5, 5.41) is 3.01. The number of para-hydroxylation sites is 1. The lowest BCUT2D eigenvalue weighted by atomic mass is 10.2. The van der Waals surface area contributed by atoms with E-state index in [1.54, 1.807) is 6.33 Å². The first kappa shape index (κ1) is 11.4. The Morgan fingerprint density at radius 3 is 2.65 bits per heavy atom. The average molecular weight is 228 g/mol. The van der Waals surface area contributed by atoms with E-state index in [1.165, 1.54) is 5.56 Å². The number of hydrogen-bond acceptors (Lipinski definition) is 4. The second-order valence-electron chi connectivity index (χ2n) is 3.86. The molecule has 0 fully saturated rings. The van der Waals surface area contributed by atoms with Crippen LogP contribution < -0.4 is 10.2 Å². The van der Waals surface area contributed by atoms with Gasteiger partial charge in [0.2, 0.25) is 0 Å². The van der Waals surface area contributed by atoms with Crippen molar-refractivity contribution < 1.29 is 0 Å². The second kappa shape index (κ2) is 4.82. The minimum Gasteiger partial charge on any atom is -0.373 e. The summed E-state index contributed by atoms with van der Waals surface area (Å²) in [7, 11) is 3.85. The zero-order chi connectivity index (χ0) is 12.3. The van der Waals surface area contributed by atoms with Gasteiger partial charge in [0.1, 0.15) is 18.0 Å². The van der Waals surface area contributed by atoms with Gasteiger partial charge in [0.15, 0.2) is 0 Å². The highest BCUT2D eigenvalue weighted by Crippen LogP contribution is 2.25. The molecule has 0 saturated heterocycles. The van der Waals surface area contributed by atoms with Crippen LogP contribution in [0.25, 0.3) is 0 Å². The van der Waals surface area contributed by atoms with Gasteiger partial charge in [-0.25, -0.2) is 9.97 Å². The lowest BCUT2D eigenvalue weighted by Gasteiger charge is -2.20. The molecule has 1 N–H and O–H groups in total. The van der Waals surface area contributed by atoms with Crippen LogP contribution in [-0.4, -0.2) is 24.1 Å². The zero-order valence-electron chi connectivity index (χ0n) is 10.3. The van der Waals surface area contributed by atoms with Gasteiger partial charge >= 0.3 is 0 Å². The molecule has 17 heavy (non-hydrogen) atoms. The molecule has 0 radical (unpaired) electrons. The van der Waals surface area contributed by atoms with Crippen molar-refractivity contribution in [1.82, 2.24) is 9.97 Å². The van der Waals surface area contributed by atoms with Crippen LogP contribution in [0.3, 0.4) is 0 Å². The number of aryl methyl sites for hydroxylation is 1. The zero-order valence-corrected chi connectivity index (χ0v) is 10.3. The molecule has 0 amide bonds. The summed E-state index contributed by atoms with van der Waals surface area (Å²) in [5.74, 6) is 1.69. The fourth-order valence-corrected chi connectivity index (χ4v) is 1.73. The van der Waals surface area contributed by atoms with Crippen LogP contribution in [0.15, 0.2) is 36.7 Å². The van der Waals surface area contributed by atoms with Crippen LogP contribution in [-0.2, 0) is 0 Å². The minimum atomic E-state index is 0.815. The maximum Gasteiger partial charge on any atom is 0.138 e. The summed E-state index contributed by atoms with van der Waals surface area (Å²) in [5.41, 5.74) is 2.37. The summed E-state index contributed by atoms with van der Waals surface area (Å²) in [6, 6.07) is 10.2. The summed E-state index contributed by atoms with van der Waals surface area (Å²) in [6.07, 6.45) is 1.57. The van der Waals surface area contributed by atoms with Crippen LogP contribution in [0.4, 0.5) is 17.3 Å². The van der Waals surface area contributed by atoms with Crippen molar-refractivity contribution in [1.29, 1.82) is 0 Å². The first-order valence-corrected chi connectivity index (χ1v) is 5.51.